The van der Waals surface area contributed by atoms with Gasteiger partial charge in [-0.1, -0.05) is 36.2 Å². The molecule has 0 saturated carbocycles. The number of aryl methyl sites for hydroxylation is 1. The molecule has 5 heteroatoms. The fourth-order valence-electron chi connectivity index (χ4n) is 1.95. The average molecular weight is 310 g/mol. The molecule has 0 spiro atoms. The zero-order valence-corrected chi connectivity index (χ0v) is 13.1. The van der Waals surface area contributed by atoms with Crippen molar-refractivity contribution in [2.45, 2.75) is 26.8 Å². The Hall–Kier alpha value is -1.16. The van der Waals surface area contributed by atoms with Crippen molar-refractivity contribution in [2.75, 3.05) is 6.54 Å². The van der Waals surface area contributed by atoms with Crippen molar-refractivity contribution in [2.24, 2.45) is 0 Å². The summed E-state index contributed by atoms with van der Waals surface area (Å²) < 4.78 is 0. The third kappa shape index (κ3) is 4.17. The van der Waals surface area contributed by atoms with Gasteiger partial charge in [0.15, 0.2) is 0 Å². The lowest BCUT2D eigenvalue weighted by Crippen LogP contribution is -2.14. The van der Waals surface area contributed by atoms with E-state index in [-0.39, 0.29) is 0 Å². The number of aromatic nitrogens is 2. The molecule has 0 aliphatic carbocycles. The lowest BCUT2D eigenvalue weighted by Gasteiger charge is -2.07. The molecule has 0 saturated heterocycles. The lowest BCUT2D eigenvalue weighted by molar-refractivity contribution is 0.700. The number of hydrogen-bond acceptors (Lipinski definition) is 3. The van der Waals surface area contributed by atoms with Crippen molar-refractivity contribution < 1.29 is 0 Å². The molecule has 0 fully saturated rings. The second-order valence-corrected chi connectivity index (χ2v) is 5.44. The number of benzene rings is 1. The van der Waals surface area contributed by atoms with Crippen LogP contribution in [0, 0.1) is 6.92 Å². The zero-order chi connectivity index (χ0) is 14.5. The van der Waals surface area contributed by atoms with E-state index in [1.54, 1.807) is 6.07 Å². The fourth-order valence-corrected chi connectivity index (χ4v) is 2.28. The smallest absolute Gasteiger partial charge is 0.133 e. The Kier molecular flexibility index (Phi) is 5.35. The quantitative estimate of drug-likeness (QED) is 0.913. The normalized spacial score (nSPS) is 10.8. The van der Waals surface area contributed by atoms with Gasteiger partial charge >= 0.3 is 0 Å². The monoisotopic (exact) mass is 309 g/mol. The fraction of sp³-hybridized carbons (Fsp3) is 0.333. The summed E-state index contributed by atoms with van der Waals surface area (Å²) in [6.07, 6.45) is 0.650. The van der Waals surface area contributed by atoms with Crippen LogP contribution in [0.25, 0.3) is 0 Å². The van der Waals surface area contributed by atoms with Gasteiger partial charge in [0.05, 0.1) is 15.7 Å². The zero-order valence-electron chi connectivity index (χ0n) is 11.6. The van der Waals surface area contributed by atoms with E-state index in [2.05, 4.69) is 22.2 Å². The molecule has 106 valence electrons. The molecule has 0 atom stereocenters. The predicted molar refractivity (Wildman–Crippen MR) is 83.4 cm³/mol. The van der Waals surface area contributed by atoms with E-state index in [0.29, 0.717) is 16.5 Å². The van der Waals surface area contributed by atoms with Crippen LogP contribution < -0.4 is 5.32 Å². The Balaban J connectivity index is 2.19. The van der Waals surface area contributed by atoms with E-state index < -0.39 is 0 Å². The van der Waals surface area contributed by atoms with E-state index in [1.807, 2.05) is 25.1 Å². The van der Waals surface area contributed by atoms with Gasteiger partial charge in [-0.05, 0) is 37.2 Å². The molecular formula is C15H17Cl2N3. The van der Waals surface area contributed by atoms with Gasteiger partial charge < -0.3 is 5.32 Å². The van der Waals surface area contributed by atoms with Gasteiger partial charge in [-0.3, -0.25) is 0 Å². The predicted octanol–water partition coefficient (Wildman–Crippen LogP) is 3.79. The minimum atomic E-state index is 0.560. The van der Waals surface area contributed by atoms with Crippen molar-refractivity contribution in [3.05, 3.63) is 57.1 Å². The molecule has 2 aromatic rings. The Morgan fingerprint density at radius 2 is 1.90 bits per heavy atom. The number of nitrogens with zero attached hydrogens (tertiary/aromatic N) is 2. The number of nitrogens with one attached hydrogen (secondary N) is 1. The van der Waals surface area contributed by atoms with Gasteiger partial charge in [0, 0.05) is 18.7 Å². The molecule has 0 aliphatic heterocycles. The first kappa shape index (κ1) is 15.2. The Morgan fingerprint density at radius 3 is 2.60 bits per heavy atom. The van der Waals surface area contributed by atoms with E-state index >= 15 is 0 Å². The molecule has 1 aromatic heterocycles. The highest BCUT2D eigenvalue weighted by atomic mass is 35.5. The molecule has 20 heavy (non-hydrogen) atoms. The van der Waals surface area contributed by atoms with Crippen LogP contribution in [0.15, 0.2) is 24.3 Å². The van der Waals surface area contributed by atoms with Gasteiger partial charge in [-0.25, -0.2) is 9.97 Å². The summed E-state index contributed by atoms with van der Waals surface area (Å²) in [6.45, 7) is 5.74. The summed E-state index contributed by atoms with van der Waals surface area (Å²) in [7, 11) is 0. The second-order valence-electron chi connectivity index (χ2n) is 4.62. The highest BCUT2D eigenvalue weighted by Gasteiger charge is 2.05. The van der Waals surface area contributed by atoms with E-state index in [4.69, 9.17) is 23.2 Å². The molecule has 0 aliphatic rings. The number of halogens is 2. The topological polar surface area (TPSA) is 37.8 Å². The SMILES string of the molecule is CCNCc1cc(C)nc(Cc2ccc(Cl)c(Cl)c2)n1. The molecule has 0 amide bonds. The highest BCUT2D eigenvalue weighted by Crippen LogP contribution is 2.23. The standard InChI is InChI=1S/C15H17Cl2N3/c1-3-18-9-12-6-10(2)19-15(20-12)8-11-4-5-13(16)14(17)7-11/h4-7,18H,3,8-9H2,1-2H3. The maximum atomic E-state index is 6.03. The first-order valence-electron chi connectivity index (χ1n) is 6.56. The van der Waals surface area contributed by atoms with Crippen LogP contribution in [0.4, 0.5) is 0 Å². The summed E-state index contributed by atoms with van der Waals surface area (Å²) in [5.41, 5.74) is 3.04. The first-order chi connectivity index (χ1) is 9.58. The molecule has 2 rings (SSSR count). The van der Waals surface area contributed by atoms with Crippen LogP contribution in [0.2, 0.25) is 10.0 Å². The summed E-state index contributed by atoms with van der Waals surface area (Å²) in [6, 6.07) is 7.61. The van der Waals surface area contributed by atoms with Gasteiger partial charge in [0.1, 0.15) is 5.82 Å². The van der Waals surface area contributed by atoms with Crippen LogP contribution in [-0.4, -0.2) is 16.5 Å². The minimum Gasteiger partial charge on any atom is -0.311 e. The van der Waals surface area contributed by atoms with Crippen LogP contribution in [-0.2, 0) is 13.0 Å². The molecule has 0 radical (unpaired) electrons. The summed E-state index contributed by atoms with van der Waals surface area (Å²) >= 11 is 11.9. The first-order valence-corrected chi connectivity index (χ1v) is 7.32. The molecule has 3 nitrogen and oxygen atoms in total. The second kappa shape index (κ2) is 7.02. The van der Waals surface area contributed by atoms with Gasteiger partial charge in [-0.15, -0.1) is 0 Å². The van der Waals surface area contributed by atoms with Crippen molar-refractivity contribution in [3.8, 4) is 0 Å². The number of hydrogen-bond donors (Lipinski definition) is 1. The van der Waals surface area contributed by atoms with Crippen LogP contribution in [0.5, 0.6) is 0 Å². The van der Waals surface area contributed by atoms with Crippen molar-refractivity contribution >= 4 is 23.2 Å². The van der Waals surface area contributed by atoms with Gasteiger partial charge in [0.25, 0.3) is 0 Å². The number of rotatable bonds is 5. The van der Waals surface area contributed by atoms with Crippen LogP contribution in [0.3, 0.4) is 0 Å². The minimum absolute atomic E-state index is 0.560. The lowest BCUT2D eigenvalue weighted by atomic mass is 10.1. The molecule has 0 unspecified atom stereocenters. The Morgan fingerprint density at radius 1 is 1.10 bits per heavy atom. The average Bonchev–Trinajstić information content (AvgIpc) is 2.40. The van der Waals surface area contributed by atoms with E-state index in [9.17, 15) is 0 Å². The maximum Gasteiger partial charge on any atom is 0.133 e. The largest absolute Gasteiger partial charge is 0.311 e. The van der Waals surface area contributed by atoms with Crippen LogP contribution >= 0.6 is 23.2 Å². The highest BCUT2D eigenvalue weighted by molar-refractivity contribution is 6.42. The van der Waals surface area contributed by atoms with Crippen molar-refractivity contribution in [1.29, 1.82) is 0 Å². The third-order valence-electron chi connectivity index (χ3n) is 2.86. The Bertz CT molecular complexity index is 600. The molecule has 0 bridgehead atoms. The third-order valence-corrected chi connectivity index (χ3v) is 3.59. The van der Waals surface area contributed by atoms with Crippen LogP contribution in [0.1, 0.15) is 29.7 Å². The maximum absolute atomic E-state index is 6.03. The van der Waals surface area contributed by atoms with Gasteiger partial charge in [0.2, 0.25) is 0 Å². The van der Waals surface area contributed by atoms with E-state index in [1.165, 1.54) is 0 Å². The summed E-state index contributed by atoms with van der Waals surface area (Å²) in [5.74, 6) is 0.802. The summed E-state index contributed by atoms with van der Waals surface area (Å²) in [4.78, 5) is 9.04. The van der Waals surface area contributed by atoms with E-state index in [0.717, 1.165) is 35.9 Å². The van der Waals surface area contributed by atoms with Gasteiger partial charge in [-0.2, -0.15) is 0 Å². The van der Waals surface area contributed by atoms with Crippen molar-refractivity contribution in [1.82, 2.24) is 15.3 Å². The Labute approximate surface area is 129 Å². The molecular weight excluding hydrogens is 293 g/mol. The molecule has 1 heterocycles. The van der Waals surface area contributed by atoms with Crippen molar-refractivity contribution in [3.63, 3.8) is 0 Å². The molecule has 1 aromatic carbocycles. The molecule has 1 N–H and O–H groups in total. The summed E-state index contributed by atoms with van der Waals surface area (Å²) in [5, 5.41) is 4.39.